The van der Waals surface area contributed by atoms with Gasteiger partial charge in [-0.3, -0.25) is 9.69 Å². The number of likely N-dealkylation sites (N-methyl/N-ethyl adjacent to an activating group) is 1. The fourth-order valence-corrected chi connectivity index (χ4v) is 3.46. The molecule has 0 radical (unpaired) electrons. The second-order valence-corrected chi connectivity index (χ2v) is 6.59. The van der Waals surface area contributed by atoms with Crippen LogP contribution in [0.3, 0.4) is 0 Å². The van der Waals surface area contributed by atoms with Crippen LogP contribution in [-0.4, -0.2) is 73.4 Å². The molecule has 23 heavy (non-hydrogen) atoms. The lowest BCUT2D eigenvalue weighted by atomic mass is 10.1. The summed E-state index contributed by atoms with van der Waals surface area (Å²) in [7, 11) is 1.76. The van der Waals surface area contributed by atoms with Crippen LogP contribution in [0.5, 0.6) is 0 Å². The monoisotopic (exact) mass is 318 g/mol. The van der Waals surface area contributed by atoms with Crippen LogP contribution in [0.4, 0.5) is 0 Å². The second kappa shape index (κ2) is 7.43. The maximum Gasteiger partial charge on any atom is 0.253 e. The van der Waals surface area contributed by atoms with Crippen molar-refractivity contribution >= 4 is 5.91 Å². The third-order valence-corrected chi connectivity index (χ3v) is 4.75. The molecule has 1 N–H and O–H groups in total. The van der Waals surface area contributed by atoms with Gasteiger partial charge in [0.15, 0.2) is 0 Å². The van der Waals surface area contributed by atoms with E-state index in [0.717, 1.165) is 44.7 Å². The van der Waals surface area contributed by atoms with Gasteiger partial charge in [0, 0.05) is 38.8 Å². The van der Waals surface area contributed by atoms with Gasteiger partial charge in [-0.1, -0.05) is 6.07 Å². The number of aliphatic hydroxyl groups is 1. The van der Waals surface area contributed by atoms with Gasteiger partial charge in [-0.05, 0) is 42.5 Å². The Morgan fingerprint density at radius 2 is 2.04 bits per heavy atom. The van der Waals surface area contributed by atoms with E-state index >= 15 is 0 Å². The summed E-state index contributed by atoms with van der Waals surface area (Å²) in [5.41, 5.74) is 3.40. The van der Waals surface area contributed by atoms with Crippen LogP contribution in [0.25, 0.3) is 0 Å². The standard InChI is InChI=1S/C18H26N2O3/c1-19(12-17(21)13-20-7-9-23-10-8-20)18(22)16-6-5-14-3-2-4-15(14)11-16/h5-6,11,17,21H,2-4,7-10,12-13H2,1H3. The largest absolute Gasteiger partial charge is 0.390 e. The molecule has 5 heteroatoms. The average molecular weight is 318 g/mol. The van der Waals surface area contributed by atoms with E-state index in [9.17, 15) is 9.90 Å². The van der Waals surface area contributed by atoms with E-state index in [1.165, 1.54) is 17.5 Å². The minimum Gasteiger partial charge on any atom is -0.390 e. The van der Waals surface area contributed by atoms with Crippen molar-refractivity contribution in [2.75, 3.05) is 46.4 Å². The Kier molecular flexibility index (Phi) is 5.30. The van der Waals surface area contributed by atoms with E-state index in [2.05, 4.69) is 11.0 Å². The zero-order valence-electron chi connectivity index (χ0n) is 13.8. The van der Waals surface area contributed by atoms with Gasteiger partial charge in [0.05, 0.1) is 19.3 Å². The number of hydrogen-bond acceptors (Lipinski definition) is 4. The number of hydrogen-bond donors (Lipinski definition) is 1. The fraction of sp³-hybridized carbons (Fsp3) is 0.611. The molecule has 0 bridgehead atoms. The van der Waals surface area contributed by atoms with Crippen LogP contribution in [0.2, 0.25) is 0 Å². The van der Waals surface area contributed by atoms with Gasteiger partial charge in [0.1, 0.15) is 0 Å². The number of ether oxygens (including phenoxy) is 1. The van der Waals surface area contributed by atoms with Crippen molar-refractivity contribution < 1.29 is 14.6 Å². The van der Waals surface area contributed by atoms with Crippen molar-refractivity contribution in [3.63, 3.8) is 0 Å². The summed E-state index contributed by atoms with van der Waals surface area (Å²) in [5, 5.41) is 10.2. The van der Waals surface area contributed by atoms with Crippen LogP contribution in [-0.2, 0) is 17.6 Å². The maximum absolute atomic E-state index is 12.6. The molecule has 0 saturated carbocycles. The molecule has 1 aliphatic carbocycles. The molecule has 1 amide bonds. The highest BCUT2D eigenvalue weighted by molar-refractivity contribution is 5.94. The Labute approximate surface area is 137 Å². The summed E-state index contributed by atoms with van der Waals surface area (Å²) >= 11 is 0. The minimum atomic E-state index is -0.531. The lowest BCUT2D eigenvalue weighted by Crippen LogP contribution is -2.45. The topological polar surface area (TPSA) is 53.0 Å². The molecule has 1 aromatic carbocycles. The number of fused-ring (bicyclic) bond motifs is 1. The Bertz CT molecular complexity index is 555. The van der Waals surface area contributed by atoms with Crippen molar-refractivity contribution in [2.45, 2.75) is 25.4 Å². The highest BCUT2D eigenvalue weighted by atomic mass is 16.5. The van der Waals surface area contributed by atoms with Gasteiger partial charge >= 0.3 is 0 Å². The fourth-order valence-electron chi connectivity index (χ4n) is 3.46. The zero-order chi connectivity index (χ0) is 16.2. The molecule has 1 unspecified atom stereocenters. The van der Waals surface area contributed by atoms with Gasteiger partial charge in [0.25, 0.3) is 5.91 Å². The first kappa shape index (κ1) is 16.4. The number of benzene rings is 1. The third kappa shape index (κ3) is 4.10. The van der Waals surface area contributed by atoms with Crippen molar-refractivity contribution in [1.29, 1.82) is 0 Å². The zero-order valence-corrected chi connectivity index (χ0v) is 13.8. The van der Waals surface area contributed by atoms with Crippen LogP contribution in [0.15, 0.2) is 18.2 Å². The summed E-state index contributed by atoms with van der Waals surface area (Å²) in [6, 6.07) is 6.01. The van der Waals surface area contributed by atoms with Crippen molar-refractivity contribution in [1.82, 2.24) is 9.80 Å². The average Bonchev–Trinajstić information content (AvgIpc) is 3.02. The quantitative estimate of drug-likeness (QED) is 0.878. The number of carbonyl (C=O) groups is 1. The molecular weight excluding hydrogens is 292 g/mol. The summed E-state index contributed by atoms with van der Waals surface area (Å²) in [4.78, 5) is 16.4. The highest BCUT2D eigenvalue weighted by Gasteiger charge is 2.20. The maximum atomic E-state index is 12.6. The summed E-state index contributed by atoms with van der Waals surface area (Å²) in [5.74, 6) is -0.0132. The molecule has 1 fully saturated rings. The number of carbonyl (C=O) groups excluding carboxylic acids is 1. The highest BCUT2D eigenvalue weighted by Crippen LogP contribution is 2.23. The van der Waals surface area contributed by atoms with E-state index in [-0.39, 0.29) is 5.91 Å². The number of nitrogens with zero attached hydrogens (tertiary/aromatic N) is 2. The Morgan fingerprint density at radius 1 is 1.30 bits per heavy atom. The minimum absolute atomic E-state index is 0.0132. The number of rotatable bonds is 5. The number of amides is 1. The van der Waals surface area contributed by atoms with Crippen LogP contribution >= 0.6 is 0 Å². The number of β-amino-alcohol motifs (C(OH)–C–C–N with tert-alkyl or cyclic N) is 1. The summed E-state index contributed by atoms with van der Waals surface area (Å²) in [6.07, 6.45) is 2.84. The lowest BCUT2D eigenvalue weighted by Gasteiger charge is -2.30. The third-order valence-electron chi connectivity index (χ3n) is 4.75. The van der Waals surface area contributed by atoms with E-state index in [1.807, 2.05) is 12.1 Å². The Hall–Kier alpha value is -1.43. The van der Waals surface area contributed by atoms with Crippen molar-refractivity contribution in [2.24, 2.45) is 0 Å². The second-order valence-electron chi connectivity index (χ2n) is 6.59. The van der Waals surface area contributed by atoms with E-state index in [0.29, 0.717) is 13.1 Å². The van der Waals surface area contributed by atoms with Crippen molar-refractivity contribution in [3.8, 4) is 0 Å². The lowest BCUT2D eigenvalue weighted by molar-refractivity contribution is 0.00879. The molecule has 1 saturated heterocycles. The van der Waals surface area contributed by atoms with Gasteiger partial charge < -0.3 is 14.7 Å². The molecule has 3 rings (SSSR count). The van der Waals surface area contributed by atoms with Gasteiger partial charge in [0.2, 0.25) is 0 Å². The molecule has 1 aliphatic heterocycles. The van der Waals surface area contributed by atoms with Crippen molar-refractivity contribution in [3.05, 3.63) is 34.9 Å². The molecule has 1 heterocycles. The normalized spacial score (nSPS) is 19.4. The number of morpholine rings is 1. The first-order valence-corrected chi connectivity index (χ1v) is 8.49. The SMILES string of the molecule is CN(CC(O)CN1CCOCC1)C(=O)c1ccc2c(c1)CCC2. The first-order valence-electron chi connectivity index (χ1n) is 8.49. The summed E-state index contributed by atoms with van der Waals surface area (Å²) < 4.78 is 5.31. The van der Waals surface area contributed by atoms with E-state index in [4.69, 9.17) is 4.74 Å². The van der Waals surface area contributed by atoms with Crippen LogP contribution in [0, 0.1) is 0 Å². The molecule has 126 valence electrons. The molecule has 0 aromatic heterocycles. The van der Waals surface area contributed by atoms with Gasteiger partial charge in [-0.25, -0.2) is 0 Å². The Balaban J connectivity index is 1.54. The predicted octanol–water partition coefficient (Wildman–Crippen LogP) is 0.940. The van der Waals surface area contributed by atoms with Crippen LogP contribution in [0.1, 0.15) is 27.9 Å². The summed E-state index contributed by atoms with van der Waals surface area (Å²) in [6.45, 7) is 4.07. The number of aryl methyl sites for hydroxylation is 2. The molecule has 0 spiro atoms. The molecular formula is C18H26N2O3. The van der Waals surface area contributed by atoms with Gasteiger partial charge in [-0.2, -0.15) is 0 Å². The van der Waals surface area contributed by atoms with Gasteiger partial charge in [-0.15, -0.1) is 0 Å². The predicted molar refractivity (Wildman–Crippen MR) is 88.7 cm³/mol. The van der Waals surface area contributed by atoms with E-state index < -0.39 is 6.10 Å². The van der Waals surface area contributed by atoms with Crippen LogP contribution < -0.4 is 0 Å². The number of aliphatic hydroxyl groups excluding tert-OH is 1. The Morgan fingerprint density at radius 3 is 2.83 bits per heavy atom. The smallest absolute Gasteiger partial charge is 0.253 e. The molecule has 1 aromatic rings. The molecule has 5 nitrogen and oxygen atoms in total. The molecule has 2 aliphatic rings. The molecule has 1 atom stereocenters. The first-order chi connectivity index (χ1) is 11.1. The van der Waals surface area contributed by atoms with E-state index in [1.54, 1.807) is 11.9 Å².